The Morgan fingerprint density at radius 1 is 1.39 bits per heavy atom. The molecule has 0 atom stereocenters. The number of nitrogens with zero attached hydrogens (tertiary/aromatic N) is 1. The molecule has 3 nitrogen and oxygen atoms in total. The van der Waals surface area contributed by atoms with Crippen molar-refractivity contribution in [2.24, 2.45) is 5.92 Å². The molecule has 0 aliphatic heterocycles. The standard InChI is InChI=1S/C15H24N2O/c1-6-16-13-7-8-14(12(4)9-13)15(18)17(5)10-11(2)3/h7-9,11,16H,6,10H2,1-5H3. The molecule has 0 spiro atoms. The minimum absolute atomic E-state index is 0.101. The number of amides is 1. The van der Waals surface area contributed by atoms with E-state index in [-0.39, 0.29) is 5.91 Å². The lowest BCUT2D eigenvalue weighted by molar-refractivity contribution is 0.0778. The molecule has 3 heteroatoms. The van der Waals surface area contributed by atoms with Crippen molar-refractivity contribution < 1.29 is 4.79 Å². The summed E-state index contributed by atoms with van der Waals surface area (Å²) < 4.78 is 0. The molecule has 0 saturated heterocycles. The number of anilines is 1. The van der Waals surface area contributed by atoms with Gasteiger partial charge in [0.2, 0.25) is 0 Å². The number of nitrogens with one attached hydrogen (secondary N) is 1. The number of rotatable bonds is 5. The summed E-state index contributed by atoms with van der Waals surface area (Å²) in [6.07, 6.45) is 0. The molecule has 1 rings (SSSR count). The zero-order chi connectivity index (χ0) is 13.7. The Labute approximate surface area is 110 Å². The summed E-state index contributed by atoms with van der Waals surface area (Å²) in [5.74, 6) is 0.588. The second-order valence-corrected chi connectivity index (χ2v) is 5.14. The lowest BCUT2D eigenvalue weighted by Gasteiger charge is -2.20. The predicted octanol–water partition coefficient (Wildman–Crippen LogP) is 3.15. The van der Waals surface area contributed by atoms with Gasteiger partial charge >= 0.3 is 0 Å². The summed E-state index contributed by atoms with van der Waals surface area (Å²) in [6, 6.07) is 5.90. The minimum atomic E-state index is 0.101. The van der Waals surface area contributed by atoms with Crippen molar-refractivity contribution in [3.63, 3.8) is 0 Å². The van der Waals surface area contributed by atoms with E-state index in [1.807, 2.05) is 32.2 Å². The van der Waals surface area contributed by atoms with Gasteiger partial charge in [0.05, 0.1) is 0 Å². The van der Waals surface area contributed by atoms with Gasteiger partial charge < -0.3 is 10.2 Å². The third-order valence-electron chi connectivity index (χ3n) is 2.82. The highest BCUT2D eigenvalue weighted by Crippen LogP contribution is 2.17. The van der Waals surface area contributed by atoms with Crippen LogP contribution in [0.3, 0.4) is 0 Å². The molecular formula is C15H24N2O. The van der Waals surface area contributed by atoms with E-state index >= 15 is 0 Å². The van der Waals surface area contributed by atoms with Gasteiger partial charge in [-0.25, -0.2) is 0 Å². The first-order chi connectivity index (χ1) is 8.45. The summed E-state index contributed by atoms with van der Waals surface area (Å²) in [4.78, 5) is 14.1. The normalized spacial score (nSPS) is 10.6. The highest BCUT2D eigenvalue weighted by molar-refractivity contribution is 5.95. The Kier molecular flexibility index (Phi) is 5.20. The van der Waals surface area contributed by atoms with Crippen LogP contribution in [0.4, 0.5) is 5.69 Å². The van der Waals surface area contributed by atoms with E-state index in [4.69, 9.17) is 0 Å². The number of carbonyl (C=O) groups is 1. The highest BCUT2D eigenvalue weighted by Gasteiger charge is 2.14. The zero-order valence-electron chi connectivity index (χ0n) is 12.1. The average molecular weight is 248 g/mol. The van der Waals surface area contributed by atoms with E-state index in [0.717, 1.165) is 29.9 Å². The van der Waals surface area contributed by atoms with Crippen LogP contribution < -0.4 is 5.32 Å². The lowest BCUT2D eigenvalue weighted by Crippen LogP contribution is -2.30. The number of benzene rings is 1. The Morgan fingerprint density at radius 3 is 2.56 bits per heavy atom. The molecule has 0 saturated carbocycles. The minimum Gasteiger partial charge on any atom is -0.385 e. The number of hydrogen-bond donors (Lipinski definition) is 1. The van der Waals surface area contributed by atoms with Gasteiger partial charge in [0.25, 0.3) is 5.91 Å². The third-order valence-corrected chi connectivity index (χ3v) is 2.82. The van der Waals surface area contributed by atoms with Crippen LogP contribution in [0.15, 0.2) is 18.2 Å². The maximum Gasteiger partial charge on any atom is 0.253 e. The molecular weight excluding hydrogens is 224 g/mol. The Bertz CT molecular complexity index is 413. The van der Waals surface area contributed by atoms with Crippen LogP contribution in [-0.4, -0.2) is 30.9 Å². The highest BCUT2D eigenvalue weighted by atomic mass is 16.2. The van der Waals surface area contributed by atoms with Crippen LogP contribution in [0.5, 0.6) is 0 Å². The quantitative estimate of drug-likeness (QED) is 0.868. The summed E-state index contributed by atoms with van der Waals surface area (Å²) in [5.41, 5.74) is 2.88. The van der Waals surface area contributed by atoms with Crippen molar-refractivity contribution in [1.82, 2.24) is 4.90 Å². The molecule has 0 fully saturated rings. The van der Waals surface area contributed by atoms with Gasteiger partial charge in [-0.3, -0.25) is 4.79 Å². The van der Waals surface area contributed by atoms with Crippen molar-refractivity contribution in [1.29, 1.82) is 0 Å². The van der Waals surface area contributed by atoms with Gasteiger partial charge in [0, 0.05) is 31.4 Å². The fourth-order valence-corrected chi connectivity index (χ4v) is 2.05. The predicted molar refractivity (Wildman–Crippen MR) is 77.1 cm³/mol. The molecule has 1 aromatic carbocycles. The fraction of sp³-hybridized carbons (Fsp3) is 0.533. The van der Waals surface area contributed by atoms with Crippen LogP contribution in [0.25, 0.3) is 0 Å². The second-order valence-electron chi connectivity index (χ2n) is 5.14. The van der Waals surface area contributed by atoms with Crippen molar-refractivity contribution >= 4 is 11.6 Å². The summed E-state index contributed by atoms with van der Waals surface area (Å²) >= 11 is 0. The van der Waals surface area contributed by atoms with Gasteiger partial charge in [-0.2, -0.15) is 0 Å². The maximum atomic E-state index is 12.3. The second kappa shape index (κ2) is 6.43. The van der Waals surface area contributed by atoms with Crippen molar-refractivity contribution in [3.8, 4) is 0 Å². The summed E-state index contributed by atoms with van der Waals surface area (Å²) in [5, 5.41) is 3.25. The molecule has 0 bridgehead atoms. The third kappa shape index (κ3) is 3.76. The summed E-state index contributed by atoms with van der Waals surface area (Å²) in [7, 11) is 1.86. The molecule has 0 radical (unpaired) electrons. The maximum absolute atomic E-state index is 12.3. The first kappa shape index (κ1) is 14.6. The van der Waals surface area contributed by atoms with Gasteiger partial charge in [-0.15, -0.1) is 0 Å². The van der Waals surface area contributed by atoms with E-state index in [1.54, 1.807) is 4.90 Å². The average Bonchev–Trinajstić information content (AvgIpc) is 2.28. The lowest BCUT2D eigenvalue weighted by atomic mass is 10.1. The molecule has 0 heterocycles. The Morgan fingerprint density at radius 2 is 2.06 bits per heavy atom. The van der Waals surface area contributed by atoms with E-state index in [1.165, 1.54) is 0 Å². The first-order valence-electron chi connectivity index (χ1n) is 6.55. The van der Waals surface area contributed by atoms with E-state index in [0.29, 0.717) is 5.92 Å². The topological polar surface area (TPSA) is 32.3 Å². The van der Waals surface area contributed by atoms with Crippen molar-refractivity contribution in [3.05, 3.63) is 29.3 Å². The number of carbonyl (C=O) groups excluding carboxylic acids is 1. The van der Waals surface area contributed by atoms with Crippen LogP contribution in [0.2, 0.25) is 0 Å². The van der Waals surface area contributed by atoms with Gasteiger partial charge in [0.1, 0.15) is 0 Å². The molecule has 0 unspecified atom stereocenters. The Balaban J connectivity index is 2.86. The largest absolute Gasteiger partial charge is 0.385 e. The molecule has 0 aliphatic rings. The number of aryl methyl sites for hydroxylation is 1. The van der Waals surface area contributed by atoms with E-state index in [9.17, 15) is 4.79 Å². The van der Waals surface area contributed by atoms with Crippen molar-refractivity contribution in [2.45, 2.75) is 27.7 Å². The molecule has 1 aromatic rings. The van der Waals surface area contributed by atoms with Gasteiger partial charge in [0.15, 0.2) is 0 Å². The van der Waals surface area contributed by atoms with Crippen LogP contribution >= 0.6 is 0 Å². The van der Waals surface area contributed by atoms with Gasteiger partial charge in [-0.05, 0) is 43.5 Å². The van der Waals surface area contributed by atoms with Crippen LogP contribution in [0, 0.1) is 12.8 Å². The monoisotopic (exact) mass is 248 g/mol. The molecule has 18 heavy (non-hydrogen) atoms. The molecule has 1 N–H and O–H groups in total. The SMILES string of the molecule is CCNc1ccc(C(=O)N(C)CC(C)C)c(C)c1. The Hall–Kier alpha value is -1.51. The fourth-order valence-electron chi connectivity index (χ4n) is 2.05. The molecule has 1 amide bonds. The molecule has 0 aliphatic carbocycles. The zero-order valence-corrected chi connectivity index (χ0v) is 12.1. The van der Waals surface area contributed by atoms with Crippen molar-refractivity contribution in [2.75, 3.05) is 25.5 Å². The van der Waals surface area contributed by atoms with Gasteiger partial charge in [-0.1, -0.05) is 13.8 Å². The van der Waals surface area contributed by atoms with Crippen LogP contribution in [0.1, 0.15) is 36.7 Å². The smallest absolute Gasteiger partial charge is 0.253 e. The molecule has 0 aromatic heterocycles. The first-order valence-corrected chi connectivity index (χ1v) is 6.55. The molecule has 100 valence electrons. The number of hydrogen-bond acceptors (Lipinski definition) is 2. The van der Waals surface area contributed by atoms with E-state index in [2.05, 4.69) is 26.1 Å². The summed E-state index contributed by atoms with van der Waals surface area (Å²) in [6.45, 7) is 9.95. The van der Waals surface area contributed by atoms with E-state index < -0.39 is 0 Å². The van der Waals surface area contributed by atoms with Crippen LogP contribution in [-0.2, 0) is 0 Å².